The van der Waals surface area contributed by atoms with Crippen LogP contribution in [0.4, 0.5) is 0 Å². The van der Waals surface area contributed by atoms with Gasteiger partial charge in [0, 0.05) is 0 Å². The number of nitrogens with zero attached hydrogens (tertiary/aromatic N) is 3. The topological polar surface area (TPSA) is 30.7 Å². The second kappa shape index (κ2) is 12.4. The molecule has 1 heterocycles. The number of aryl methyl sites for hydroxylation is 1. The maximum Gasteiger partial charge on any atom is 0.147 e. The molecule has 0 saturated heterocycles. The Labute approximate surface area is 106 Å². The average molecular weight is 235 g/mol. The number of aromatic nitrogens is 3. The molecule has 0 unspecified atom stereocenters. The number of allylic oxidation sites excluding steroid dienone is 4. The van der Waals surface area contributed by atoms with Gasteiger partial charge < -0.3 is 0 Å². The summed E-state index contributed by atoms with van der Waals surface area (Å²) < 4.78 is 1.77. The highest BCUT2D eigenvalue weighted by Crippen LogP contribution is 2.00. The summed E-state index contributed by atoms with van der Waals surface area (Å²) in [6.07, 6.45) is 7.14. The van der Waals surface area contributed by atoms with E-state index in [9.17, 15) is 0 Å². The molecule has 0 saturated carbocycles. The normalized spacial score (nSPS) is 9.35. The molecule has 3 nitrogen and oxygen atoms in total. The summed E-state index contributed by atoms with van der Waals surface area (Å²) >= 11 is 0. The van der Waals surface area contributed by atoms with Gasteiger partial charge in [-0.3, -0.25) is 0 Å². The molecule has 0 aliphatic heterocycles. The third-order valence-corrected chi connectivity index (χ3v) is 1.59. The van der Waals surface area contributed by atoms with Crippen LogP contribution < -0.4 is 0 Å². The summed E-state index contributed by atoms with van der Waals surface area (Å²) in [5, 5.41) is 4.16. The van der Waals surface area contributed by atoms with E-state index in [0.29, 0.717) is 6.54 Å². The van der Waals surface area contributed by atoms with Crippen molar-refractivity contribution in [2.24, 2.45) is 0 Å². The zero-order chi connectivity index (χ0) is 13.7. The Morgan fingerprint density at radius 3 is 2.24 bits per heavy atom. The van der Waals surface area contributed by atoms with E-state index in [4.69, 9.17) is 0 Å². The van der Waals surface area contributed by atoms with E-state index < -0.39 is 0 Å². The molecule has 96 valence electrons. The summed E-state index contributed by atoms with van der Waals surface area (Å²) in [5.41, 5.74) is 1.07. The van der Waals surface area contributed by atoms with Gasteiger partial charge in [0.2, 0.25) is 0 Å². The average Bonchev–Trinajstić information content (AvgIpc) is 2.79. The van der Waals surface area contributed by atoms with Crippen molar-refractivity contribution in [1.29, 1.82) is 0 Å². The van der Waals surface area contributed by atoms with Crippen LogP contribution in [0.3, 0.4) is 0 Å². The molecular weight excluding hydrogens is 210 g/mol. The Kier molecular flexibility index (Phi) is 13.0. The molecule has 0 radical (unpaired) electrons. The second-order valence-electron chi connectivity index (χ2n) is 2.67. The minimum atomic E-state index is 0.691. The van der Waals surface area contributed by atoms with E-state index in [2.05, 4.69) is 23.2 Å². The quantitative estimate of drug-likeness (QED) is 0.740. The first kappa shape index (κ1) is 17.7. The van der Waals surface area contributed by atoms with E-state index in [-0.39, 0.29) is 0 Å². The first-order valence-corrected chi connectivity index (χ1v) is 6.06. The molecular formula is C14H25N3. The maximum absolute atomic E-state index is 4.16. The Hall–Kier alpha value is -1.64. The highest BCUT2D eigenvalue weighted by Gasteiger charge is 1.96. The van der Waals surface area contributed by atoms with E-state index in [1.54, 1.807) is 23.2 Å². The van der Waals surface area contributed by atoms with Gasteiger partial charge in [0.1, 0.15) is 12.2 Å². The van der Waals surface area contributed by atoms with Crippen molar-refractivity contribution in [3.05, 3.63) is 49.1 Å². The van der Waals surface area contributed by atoms with Crippen LogP contribution in [0.1, 0.15) is 33.5 Å². The van der Waals surface area contributed by atoms with Gasteiger partial charge >= 0.3 is 0 Å². The molecule has 0 aromatic carbocycles. The molecule has 1 rings (SSSR count). The van der Waals surface area contributed by atoms with Crippen molar-refractivity contribution >= 4 is 0 Å². The molecule has 0 spiro atoms. The fourth-order valence-electron chi connectivity index (χ4n) is 0.988. The van der Waals surface area contributed by atoms with Crippen LogP contribution in [0, 0.1) is 6.92 Å². The lowest BCUT2D eigenvalue weighted by molar-refractivity contribution is 0.678. The van der Waals surface area contributed by atoms with Gasteiger partial charge in [-0.15, -0.1) is 0 Å². The molecule has 1 aromatic rings. The van der Waals surface area contributed by atoms with Crippen LogP contribution in [0.15, 0.2) is 43.3 Å². The SMILES string of the molecule is C=C/C=C(\C=C)Cn1cnc(C)n1.CC.CC. The lowest BCUT2D eigenvalue weighted by atomic mass is 10.2. The lowest BCUT2D eigenvalue weighted by Crippen LogP contribution is -2.00. The molecule has 0 aliphatic rings. The minimum Gasteiger partial charge on any atom is -0.248 e. The zero-order valence-corrected chi connectivity index (χ0v) is 11.8. The van der Waals surface area contributed by atoms with Crippen LogP contribution in [-0.2, 0) is 6.54 Å². The lowest BCUT2D eigenvalue weighted by Gasteiger charge is -1.99. The Bertz CT molecular complexity index is 335. The van der Waals surface area contributed by atoms with Crippen LogP contribution in [0.2, 0.25) is 0 Å². The minimum absolute atomic E-state index is 0.691. The van der Waals surface area contributed by atoms with E-state index >= 15 is 0 Å². The molecule has 0 atom stereocenters. The maximum atomic E-state index is 4.16. The van der Waals surface area contributed by atoms with Gasteiger partial charge in [-0.1, -0.05) is 59.1 Å². The molecule has 17 heavy (non-hydrogen) atoms. The summed E-state index contributed by atoms with van der Waals surface area (Å²) in [7, 11) is 0. The monoisotopic (exact) mass is 235 g/mol. The van der Waals surface area contributed by atoms with Gasteiger partial charge in [-0.2, -0.15) is 5.10 Å². The smallest absolute Gasteiger partial charge is 0.147 e. The summed E-state index contributed by atoms with van der Waals surface area (Å²) in [6, 6.07) is 0. The predicted molar refractivity (Wildman–Crippen MR) is 75.9 cm³/mol. The first-order chi connectivity index (χ1) is 8.26. The van der Waals surface area contributed by atoms with Gasteiger partial charge in [-0.25, -0.2) is 9.67 Å². The van der Waals surface area contributed by atoms with Crippen LogP contribution >= 0.6 is 0 Å². The van der Waals surface area contributed by atoms with Crippen LogP contribution in [0.5, 0.6) is 0 Å². The summed E-state index contributed by atoms with van der Waals surface area (Å²) in [4.78, 5) is 4.03. The van der Waals surface area contributed by atoms with Gasteiger partial charge in [0.25, 0.3) is 0 Å². The molecule has 3 heteroatoms. The summed E-state index contributed by atoms with van der Waals surface area (Å²) in [5.74, 6) is 0.780. The van der Waals surface area contributed by atoms with Gasteiger partial charge in [0.05, 0.1) is 6.54 Å². The van der Waals surface area contributed by atoms with Crippen molar-refractivity contribution in [3.8, 4) is 0 Å². The largest absolute Gasteiger partial charge is 0.248 e. The number of hydrogen-bond acceptors (Lipinski definition) is 2. The van der Waals surface area contributed by atoms with Crippen molar-refractivity contribution in [2.75, 3.05) is 0 Å². The van der Waals surface area contributed by atoms with Crippen molar-refractivity contribution in [1.82, 2.24) is 14.8 Å². The standard InChI is InChI=1S/C10H13N3.2C2H6/c1-4-6-10(5-2)7-13-8-11-9(3)12-13;2*1-2/h4-6,8H,1-2,7H2,3H3;2*1-2H3/b10-6+;;. The van der Waals surface area contributed by atoms with Crippen LogP contribution in [0.25, 0.3) is 0 Å². The molecule has 0 aliphatic carbocycles. The highest BCUT2D eigenvalue weighted by atomic mass is 15.3. The highest BCUT2D eigenvalue weighted by molar-refractivity contribution is 5.20. The number of hydrogen-bond donors (Lipinski definition) is 0. The van der Waals surface area contributed by atoms with Crippen molar-refractivity contribution in [2.45, 2.75) is 41.2 Å². The molecule has 0 bridgehead atoms. The Balaban J connectivity index is 0. The molecule has 1 aromatic heterocycles. The van der Waals surface area contributed by atoms with Crippen molar-refractivity contribution < 1.29 is 0 Å². The molecule has 0 N–H and O–H groups in total. The van der Waals surface area contributed by atoms with Crippen molar-refractivity contribution in [3.63, 3.8) is 0 Å². The first-order valence-electron chi connectivity index (χ1n) is 6.06. The number of rotatable bonds is 4. The van der Waals surface area contributed by atoms with E-state index in [1.807, 2.05) is 40.7 Å². The molecule has 0 fully saturated rings. The van der Waals surface area contributed by atoms with Gasteiger partial charge in [0.15, 0.2) is 0 Å². The fraction of sp³-hybridized carbons (Fsp3) is 0.429. The Morgan fingerprint density at radius 2 is 1.88 bits per heavy atom. The second-order valence-corrected chi connectivity index (χ2v) is 2.67. The van der Waals surface area contributed by atoms with E-state index in [0.717, 1.165) is 11.4 Å². The Morgan fingerprint density at radius 1 is 1.29 bits per heavy atom. The fourth-order valence-corrected chi connectivity index (χ4v) is 0.988. The third-order valence-electron chi connectivity index (χ3n) is 1.59. The van der Waals surface area contributed by atoms with Crippen LogP contribution in [-0.4, -0.2) is 14.8 Å². The molecule has 0 amide bonds. The van der Waals surface area contributed by atoms with E-state index in [1.165, 1.54) is 0 Å². The summed E-state index contributed by atoms with van der Waals surface area (Å²) in [6.45, 7) is 17.9. The third kappa shape index (κ3) is 8.20. The zero-order valence-electron chi connectivity index (χ0n) is 11.8. The van der Waals surface area contributed by atoms with Gasteiger partial charge in [-0.05, 0) is 12.5 Å². The predicted octanol–water partition coefficient (Wildman–Crippen LogP) is 3.94.